The molecule has 2 aromatic carbocycles. The third kappa shape index (κ3) is 4.91. The maximum atomic E-state index is 5.82. The first-order chi connectivity index (χ1) is 14.3. The van der Waals surface area contributed by atoms with Crippen LogP contribution in [0.4, 0.5) is 0 Å². The van der Waals surface area contributed by atoms with E-state index in [0.717, 1.165) is 18.8 Å². The first-order valence-electron chi connectivity index (χ1n) is 10.6. The molecule has 4 rings (SSSR count). The Kier molecular flexibility index (Phi) is 6.68. The first kappa shape index (κ1) is 20.2. The summed E-state index contributed by atoms with van der Waals surface area (Å²) in [6, 6.07) is 22.1. The highest BCUT2D eigenvalue weighted by atomic mass is 32.1. The number of aryl methyl sites for hydroxylation is 1. The number of hydrogen-bond donors (Lipinski definition) is 0. The Morgan fingerprint density at radius 3 is 2.00 bits per heavy atom. The lowest BCUT2D eigenvalue weighted by atomic mass is 10.0. The highest BCUT2D eigenvalue weighted by Gasteiger charge is 2.09. The van der Waals surface area contributed by atoms with E-state index >= 15 is 0 Å². The summed E-state index contributed by atoms with van der Waals surface area (Å²) in [4.78, 5) is 2.87. The molecule has 0 unspecified atom stereocenters. The van der Waals surface area contributed by atoms with Gasteiger partial charge in [-0.25, -0.2) is 0 Å². The summed E-state index contributed by atoms with van der Waals surface area (Å²) in [5.74, 6) is 0.961. The fourth-order valence-electron chi connectivity index (χ4n) is 3.51. The van der Waals surface area contributed by atoms with Crippen LogP contribution < -0.4 is 4.74 Å². The van der Waals surface area contributed by atoms with Crippen LogP contribution >= 0.6 is 22.7 Å². The molecule has 0 saturated carbocycles. The molecule has 0 radical (unpaired) electrons. The van der Waals surface area contributed by atoms with Crippen molar-refractivity contribution in [3.8, 4) is 27.3 Å². The molecule has 0 bridgehead atoms. The standard InChI is InChI=1S/C26H28OS2/c1-3-5-6-16-27-22-14-12-20(13-15-22)19-8-10-21(11-9-19)24-18-26-25(29-24)17-23(28-26)7-4-2/h8-15,17-18H,3-7,16H2,1-2H3. The van der Waals surface area contributed by atoms with Crippen LogP contribution in [0.15, 0.2) is 60.7 Å². The molecule has 0 atom stereocenters. The van der Waals surface area contributed by atoms with Gasteiger partial charge in [0.2, 0.25) is 0 Å². The van der Waals surface area contributed by atoms with Gasteiger partial charge in [0.25, 0.3) is 0 Å². The molecule has 0 spiro atoms. The van der Waals surface area contributed by atoms with E-state index in [1.54, 1.807) is 0 Å². The van der Waals surface area contributed by atoms with Gasteiger partial charge in [-0.2, -0.15) is 0 Å². The average molecular weight is 421 g/mol. The van der Waals surface area contributed by atoms with Crippen LogP contribution in [0.25, 0.3) is 31.0 Å². The molecule has 2 heterocycles. The second-order valence-corrected chi connectivity index (χ2v) is 9.71. The van der Waals surface area contributed by atoms with Crippen LogP contribution in [-0.4, -0.2) is 6.61 Å². The molecule has 2 aromatic heterocycles. The Labute approximate surface area is 182 Å². The molecule has 0 aliphatic carbocycles. The SMILES string of the molecule is CCCCCOc1ccc(-c2ccc(-c3cc4sc(CCC)cc4s3)cc2)cc1. The van der Waals surface area contributed by atoms with Crippen LogP contribution in [0.2, 0.25) is 0 Å². The lowest BCUT2D eigenvalue weighted by molar-refractivity contribution is 0.306. The predicted octanol–water partition coefficient (Wildman–Crippen LogP) is 8.82. The molecule has 0 N–H and O–H groups in total. The minimum Gasteiger partial charge on any atom is -0.494 e. The smallest absolute Gasteiger partial charge is 0.119 e. The third-order valence-electron chi connectivity index (χ3n) is 5.13. The Morgan fingerprint density at radius 1 is 0.690 bits per heavy atom. The average Bonchev–Trinajstić information content (AvgIpc) is 3.31. The fraction of sp³-hybridized carbons (Fsp3) is 0.308. The number of thiophene rings is 2. The molecule has 4 aromatic rings. The minimum absolute atomic E-state index is 0.806. The minimum atomic E-state index is 0.806. The number of ether oxygens (including phenoxy) is 1. The van der Waals surface area contributed by atoms with Gasteiger partial charge in [0.05, 0.1) is 6.61 Å². The Hall–Kier alpha value is -2.10. The molecule has 0 amide bonds. The van der Waals surface area contributed by atoms with Crippen molar-refractivity contribution in [1.29, 1.82) is 0 Å². The van der Waals surface area contributed by atoms with Crippen molar-refractivity contribution < 1.29 is 4.74 Å². The van der Waals surface area contributed by atoms with E-state index in [0.29, 0.717) is 0 Å². The summed E-state index contributed by atoms with van der Waals surface area (Å²) in [5.41, 5.74) is 3.78. The van der Waals surface area contributed by atoms with Gasteiger partial charge in [0.1, 0.15) is 5.75 Å². The highest BCUT2D eigenvalue weighted by Crippen LogP contribution is 2.39. The lowest BCUT2D eigenvalue weighted by Crippen LogP contribution is -1.96. The number of rotatable bonds is 9. The Morgan fingerprint density at radius 2 is 1.34 bits per heavy atom. The van der Waals surface area contributed by atoms with Gasteiger partial charge in [-0.1, -0.05) is 69.5 Å². The zero-order valence-corrected chi connectivity index (χ0v) is 18.9. The first-order valence-corrected chi connectivity index (χ1v) is 12.3. The summed E-state index contributed by atoms with van der Waals surface area (Å²) in [7, 11) is 0. The van der Waals surface area contributed by atoms with Crippen molar-refractivity contribution in [2.45, 2.75) is 46.0 Å². The van der Waals surface area contributed by atoms with Gasteiger partial charge in [0, 0.05) is 19.2 Å². The number of benzene rings is 2. The van der Waals surface area contributed by atoms with Gasteiger partial charge >= 0.3 is 0 Å². The second kappa shape index (κ2) is 9.60. The molecule has 0 aliphatic rings. The third-order valence-corrected chi connectivity index (χ3v) is 7.53. The van der Waals surface area contributed by atoms with E-state index in [-0.39, 0.29) is 0 Å². The number of hydrogen-bond acceptors (Lipinski definition) is 3. The summed E-state index contributed by atoms with van der Waals surface area (Å²) in [5, 5.41) is 0. The topological polar surface area (TPSA) is 9.23 Å². The Balaban J connectivity index is 1.44. The van der Waals surface area contributed by atoms with Crippen LogP contribution in [-0.2, 0) is 6.42 Å². The molecular weight excluding hydrogens is 392 g/mol. The Bertz CT molecular complexity index is 1010. The van der Waals surface area contributed by atoms with Crippen molar-refractivity contribution in [2.24, 2.45) is 0 Å². The van der Waals surface area contributed by atoms with Crippen molar-refractivity contribution in [2.75, 3.05) is 6.61 Å². The maximum absolute atomic E-state index is 5.82. The van der Waals surface area contributed by atoms with Gasteiger partial charge in [-0.3, -0.25) is 0 Å². The van der Waals surface area contributed by atoms with E-state index in [4.69, 9.17) is 4.74 Å². The summed E-state index contributed by atoms with van der Waals surface area (Å²) in [6.45, 7) is 5.26. The molecule has 0 fully saturated rings. The summed E-state index contributed by atoms with van der Waals surface area (Å²) >= 11 is 3.85. The van der Waals surface area contributed by atoms with E-state index in [9.17, 15) is 0 Å². The van der Waals surface area contributed by atoms with Crippen molar-refractivity contribution in [1.82, 2.24) is 0 Å². The molecular formula is C26H28OS2. The molecule has 3 heteroatoms. The van der Waals surface area contributed by atoms with Crippen molar-refractivity contribution in [3.05, 3.63) is 65.5 Å². The van der Waals surface area contributed by atoms with E-state index in [1.165, 1.54) is 61.5 Å². The molecule has 0 aliphatic heterocycles. The van der Waals surface area contributed by atoms with Crippen molar-refractivity contribution in [3.63, 3.8) is 0 Å². The largest absolute Gasteiger partial charge is 0.494 e. The van der Waals surface area contributed by atoms with Crippen LogP contribution in [0.1, 0.15) is 44.4 Å². The quantitative estimate of drug-likeness (QED) is 0.246. The monoisotopic (exact) mass is 420 g/mol. The fourth-order valence-corrected chi connectivity index (χ4v) is 6.04. The highest BCUT2D eigenvalue weighted by molar-refractivity contribution is 7.29. The molecule has 150 valence electrons. The van der Waals surface area contributed by atoms with Gasteiger partial charge < -0.3 is 4.74 Å². The van der Waals surface area contributed by atoms with Crippen LogP contribution in [0.5, 0.6) is 5.75 Å². The summed E-state index contributed by atoms with van der Waals surface area (Å²) < 4.78 is 8.67. The number of fused-ring (bicyclic) bond motifs is 1. The maximum Gasteiger partial charge on any atom is 0.119 e. The molecule has 1 nitrogen and oxygen atoms in total. The van der Waals surface area contributed by atoms with Crippen LogP contribution in [0.3, 0.4) is 0 Å². The second-order valence-electron chi connectivity index (χ2n) is 7.46. The zero-order chi connectivity index (χ0) is 20.1. The van der Waals surface area contributed by atoms with E-state index in [1.807, 2.05) is 22.7 Å². The van der Waals surface area contributed by atoms with Crippen molar-refractivity contribution >= 4 is 32.1 Å². The van der Waals surface area contributed by atoms with Gasteiger partial charge in [-0.15, -0.1) is 22.7 Å². The lowest BCUT2D eigenvalue weighted by Gasteiger charge is -2.07. The zero-order valence-electron chi connectivity index (χ0n) is 17.2. The van der Waals surface area contributed by atoms with Gasteiger partial charge in [0.15, 0.2) is 0 Å². The normalized spacial score (nSPS) is 11.2. The predicted molar refractivity (Wildman–Crippen MR) is 130 cm³/mol. The number of unbranched alkanes of at least 4 members (excludes halogenated alkanes) is 2. The van der Waals surface area contributed by atoms with Gasteiger partial charge in [-0.05, 0) is 53.8 Å². The summed E-state index contributed by atoms with van der Waals surface area (Å²) in [6.07, 6.45) is 5.99. The van der Waals surface area contributed by atoms with E-state index in [2.05, 4.69) is 74.5 Å². The molecule has 0 saturated heterocycles. The van der Waals surface area contributed by atoms with Crippen LogP contribution in [0, 0.1) is 0 Å². The van der Waals surface area contributed by atoms with E-state index < -0.39 is 0 Å². The molecule has 29 heavy (non-hydrogen) atoms.